The van der Waals surface area contributed by atoms with Gasteiger partial charge < -0.3 is 55.5 Å². The molecule has 2 aliphatic rings. The van der Waals surface area contributed by atoms with Crippen LogP contribution in [0.4, 0.5) is 0 Å². The van der Waals surface area contributed by atoms with Crippen LogP contribution in [0.15, 0.2) is 0 Å². The molecule has 0 aliphatic carbocycles. The lowest BCUT2D eigenvalue weighted by atomic mass is 9.92. The largest absolute Gasteiger partial charge is 0.388 e. The average Bonchev–Trinajstić information content (AvgIpc) is 0.828. The van der Waals surface area contributed by atoms with Crippen molar-refractivity contribution < 1.29 is 54.4 Å². The summed E-state index contributed by atoms with van der Waals surface area (Å²) in [5.74, 6) is -0.657. The highest BCUT2D eigenvalue weighted by atomic mass is 16.8. The van der Waals surface area contributed by atoms with Crippen LogP contribution in [0.5, 0.6) is 0 Å². The van der Waals surface area contributed by atoms with Crippen molar-refractivity contribution in [1.82, 2.24) is 10.6 Å². The highest BCUT2D eigenvalue weighted by Crippen LogP contribution is 2.30. The Bertz CT molecular complexity index is 1450. The summed E-state index contributed by atoms with van der Waals surface area (Å²) < 4.78 is 18.1. The highest BCUT2D eigenvalue weighted by molar-refractivity contribution is 5.79. The Balaban J connectivity index is 1.97. The predicted octanol–water partition coefficient (Wildman–Crippen LogP) is 19.6. The fourth-order valence-corrected chi connectivity index (χ4v) is 14.4. The second-order valence-electron chi connectivity index (χ2n) is 29.6. The number of hydrogen-bond donors (Lipinski definition) is 8. The van der Waals surface area contributed by atoms with E-state index in [4.69, 9.17) is 14.2 Å². The number of ether oxygens (including phenoxy) is 3. The molecule has 2 saturated heterocycles. The van der Waals surface area contributed by atoms with Crippen molar-refractivity contribution in [3.63, 3.8) is 0 Å². The molecule has 0 aromatic carbocycles. The molecular weight excluding hydrogens is 1160 g/mol. The van der Waals surface area contributed by atoms with Gasteiger partial charge in [0.1, 0.15) is 48.8 Å². The number of carbonyl (C=O) groups is 2. The smallest absolute Gasteiger partial charge is 0.223 e. The quantitative estimate of drug-likeness (QED) is 0.0269. The van der Waals surface area contributed by atoms with Gasteiger partial charge in [0.05, 0.1) is 0 Å². The van der Waals surface area contributed by atoms with Crippen molar-refractivity contribution in [2.45, 2.75) is 474 Å². The van der Waals surface area contributed by atoms with E-state index < -0.39 is 61.4 Å². The van der Waals surface area contributed by atoms with Crippen LogP contribution in [-0.4, -0.2) is 117 Å². The Kier molecular flexibility index (Phi) is 59.2. The Labute approximate surface area is 573 Å². The Morgan fingerprint density at radius 3 is 0.624 bits per heavy atom. The molecule has 552 valence electrons. The van der Waals surface area contributed by atoms with Crippen molar-refractivity contribution in [3.8, 4) is 0 Å². The molecule has 0 spiro atoms. The summed E-state index contributed by atoms with van der Waals surface area (Å²) in [6.45, 7) is 8.77. The van der Waals surface area contributed by atoms with E-state index in [0.29, 0.717) is 0 Å². The van der Waals surface area contributed by atoms with Gasteiger partial charge in [-0.2, -0.15) is 0 Å². The topological polar surface area (TPSA) is 207 Å². The molecule has 2 amide bonds. The zero-order valence-electron chi connectivity index (χ0n) is 61.5. The molecule has 0 aromatic heterocycles. The molecular formula is C80H156N2O11. The van der Waals surface area contributed by atoms with Crippen LogP contribution >= 0.6 is 0 Å². The van der Waals surface area contributed by atoms with Gasteiger partial charge in [0, 0.05) is 24.9 Å². The van der Waals surface area contributed by atoms with E-state index in [1.165, 1.54) is 308 Å². The van der Waals surface area contributed by atoms with Crippen molar-refractivity contribution in [1.29, 1.82) is 0 Å². The summed E-state index contributed by atoms with van der Waals surface area (Å²) in [5.41, 5.74) is 0. The maximum absolute atomic E-state index is 14.1. The molecule has 13 heteroatoms. The first-order valence-corrected chi connectivity index (χ1v) is 41.1. The van der Waals surface area contributed by atoms with E-state index in [2.05, 4.69) is 38.3 Å². The highest BCUT2D eigenvalue weighted by Gasteiger charge is 2.50. The summed E-state index contributed by atoms with van der Waals surface area (Å²) in [6, 6.07) is 0. The number of nitrogens with one attached hydrogen (secondary N) is 2. The van der Waals surface area contributed by atoms with Gasteiger partial charge in [0.15, 0.2) is 12.6 Å². The summed E-state index contributed by atoms with van der Waals surface area (Å²) in [6.07, 6.45) is 58.4. The van der Waals surface area contributed by atoms with Gasteiger partial charge in [-0.3, -0.25) is 9.59 Å². The lowest BCUT2D eigenvalue weighted by molar-refractivity contribution is -0.372. The van der Waals surface area contributed by atoms with Crippen LogP contribution in [0, 0.1) is 11.8 Å². The van der Waals surface area contributed by atoms with Crippen LogP contribution in [-0.2, 0) is 23.8 Å². The third kappa shape index (κ3) is 45.8. The summed E-state index contributed by atoms with van der Waals surface area (Å²) in [7, 11) is 0. The van der Waals surface area contributed by atoms with Crippen molar-refractivity contribution >= 4 is 11.8 Å². The standard InChI is InChI=1S/C80H156N2O11/c1-5-9-13-17-21-25-29-33-37-41-45-49-53-57-61-67(62-58-54-50-46-42-38-34-30-26-22-18-14-10-6-2)77(89)81-65-69-71(83)73(85)75(87)79(91-69)93-80-76(88)74(86)72(84)70(92-80)66-82-78(90)68(63-59-55-51-47-43-39-35-31-27-23-19-15-11-7-3)64-60-56-52-48-44-40-36-32-28-24-20-16-12-8-4/h67-76,79-80,83-88H,5-66H2,1-4H3,(H,81,89)(H,82,90)/t69?,70?,71-,72-,73-,74-,75?,76?,79-,80-/m0/s1. The molecule has 2 heterocycles. The third-order valence-corrected chi connectivity index (χ3v) is 20.9. The number of rotatable bonds is 68. The number of aliphatic hydroxyl groups excluding tert-OH is 6. The predicted molar refractivity (Wildman–Crippen MR) is 387 cm³/mol. The minimum Gasteiger partial charge on any atom is -0.388 e. The first-order valence-electron chi connectivity index (χ1n) is 41.1. The van der Waals surface area contributed by atoms with Gasteiger partial charge in [-0.25, -0.2) is 0 Å². The molecule has 8 N–H and O–H groups in total. The summed E-state index contributed by atoms with van der Waals surface area (Å²) >= 11 is 0. The van der Waals surface area contributed by atoms with E-state index in [9.17, 15) is 40.2 Å². The second-order valence-corrected chi connectivity index (χ2v) is 29.6. The van der Waals surface area contributed by atoms with Crippen LogP contribution in [0.25, 0.3) is 0 Å². The SMILES string of the molecule is CCCCCCCCCCCCCCCCC(CCCCCCCCCCCCCCCC)C(=O)NCC1O[C@@H](O[C@@H]2OC(CNC(=O)C(CCCCCCCCCCCCCCCC)CCCCCCCCCCCCCCCC)[C@H](O)[C@H](O)C2O)C(O)[C@@H](O)[C@H]1O. The van der Waals surface area contributed by atoms with Crippen molar-refractivity contribution in [3.05, 3.63) is 0 Å². The van der Waals surface area contributed by atoms with E-state index in [-0.39, 0.29) is 36.7 Å². The van der Waals surface area contributed by atoms with Gasteiger partial charge in [-0.05, 0) is 25.7 Å². The first kappa shape index (κ1) is 87.7. The molecule has 2 fully saturated rings. The number of unbranched alkanes of at least 4 members (excludes halogenated alkanes) is 52. The molecule has 0 radical (unpaired) electrons. The molecule has 0 bridgehead atoms. The Hall–Kier alpha value is -1.42. The maximum atomic E-state index is 14.1. The zero-order valence-corrected chi connectivity index (χ0v) is 61.5. The number of amides is 2. The number of carbonyl (C=O) groups excluding carboxylic acids is 2. The zero-order chi connectivity index (χ0) is 67.5. The minimum absolute atomic E-state index is 0.122. The maximum Gasteiger partial charge on any atom is 0.223 e. The summed E-state index contributed by atoms with van der Waals surface area (Å²) in [4.78, 5) is 28.1. The normalized spacial score (nSPS) is 21.8. The number of hydrogen-bond acceptors (Lipinski definition) is 11. The Morgan fingerprint density at radius 2 is 0.441 bits per heavy atom. The second kappa shape index (κ2) is 62.8. The first-order chi connectivity index (χ1) is 45.5. The molecule has 0 saturated carbocycles. The van der Waals surface area contributed by atoms with Crippen LogP contribution in [0.3, 0.4) is 0 Å². The average molecular weight is 1320 g/mol. The van der Waals surface area contributed by atoms with Crippen LogP contribution < -0.4 is 10.6 Å². The Morgan fingerprint density at radius 1 is 0.269 bits per heavy atom. The molecule has 93 heavy (non-hydrogen) atoms. The lowest BCUT2D eigenvalue weighted by Crippen LogP contribution is -2.65. The van der Waals surface area contributed by atoms with Crippen molar-refractivity contribution in [2.75, 3.05) is 13.1 Å². The van der Waals surface area contributed by atoms with Gasteiger partial charge in [0.2, 0.25) is 11.8 Å². The van der Waals surface area contributed by atoms with Crippen LogP contribution in [0.1, 0.15) is 413 Å². The van der Waals surface area contributed by atoms with E-state index >= 15 is 0 Å². The molecule has 4 unspecified atom stereocenters. The van der Waals surface area contributed by atoms with Gasteiger partial charge >= 0.3 is 0 Å². The third-order valence-electron chi connectivity index (χ3n) is 20.9. The van der Waals surface area contributed by atoms with Crippen LogP contribution in [0.2, 0.25) is 0 Å². The molecule has 0 aromatic rings. The van der Waals surface area contributed by atoms with Gasteiger partial charge in [0.25, 0.3) is 0 Å². The molecule has 10 atom stereocenters. The molecule has 2 rings (SSSR count). The minimum atomic E-state index is -1.77. The van der Waals surface area contributed by atoms with Crippen molar-refractivity contribution in [2.24, 2.45) is 11.8 Å². The van der Waals surface area contributed by atoms with Gasteiger partial charge in [-0.1, -0.05) is 387 Å². The van der Waals surface area contributed by atoms with E-state index in [0.717, 1.165) is 77.0 Å². The van der Waals surface area contributed by atoms with E-state index in [1.54, 1.807) is 0 Å². The van der Waals surface area contributed by atoms with E-state index in [1.807, 2.05) is 0 Å². The monoisotopic (exact) mass is 1320 g/mol. The fraction of sp³-hybridized carbons (Fsp3) is 0.975. The fourth-order valence-electron chi connectivity index (χ4n) is 14.4. The lowest BCUT2D eigenvalue weighted by Gasteiger charge is -2.45. The van der Waals surface area contributed by atoms with Gasteiger partial charge in [-0.15, -0.1) is 0 Å². The molecule has 13 nitrogen and oxygen atoms in total. The number of aliphatic hydroxyl groups is 6. The molecule has 2 aliphatic heterocycles. The summed E-state index contributed by atoms with van der Waals surface area (Å²) in [5, 5.41) is 73.1.